The summed E-state index contributed by atoms with van der Waals surface area (Å²) in [6.07, 6.45) is 3.04. The van der Waals surface area contributed by atoms with Gasteiger partial charge in [0.05, 0.1) is 0 Å². The molecular weight excluding hydrogens is 202 g/mol. The number of nitrogens with one attached hydrogen (secondary N) is 2. The topological polar surface area (TPSA) is 57.8 Å². The minimum absolute atomic E-state index is 0.0844. The zero-order valence-electron chi connectivity index (χ0n) is 10.3. The van der Waals surface area contributed by atoms with Gasteiger partial charge < -0.3 is 10.3 Å². The number of nitrogens with zero attached hydrogens (tertiary/aromatic N) is 1. The highest BCUT2D eigenvalue weighted by Gasteiger charge is 2.04. The Kier molecular flexibility index (Phi) is 5.02. The highest BCUT2D eigenvalue weighted by molar-refractivity contribution is 5.32. The van der Waals surface area contributed by atoms with Gasteiger partial charge in [0.25, 0.3) is 5.56 Å². The van der Waals surface area contributed by atoms with Crippen LogP contribution in [0.25, 0.3) is 0 Å². The Bertz CT molecular complexity index is 369. The van der Waals surface area contributed by atoms with E-state index in [2.05, 4.69) is 29.1 Å². The molecule has 4 heteroatoms. The summed E-state index contributed by atoms with van der Waals surface area (Å²) in [6.45, 7) is 7.21. The molecule has 0 bridgehead atoms. The molecule has 1 heterocycles. The summed E-state index contributed by atoms with van der Waals surface area (Å²) in [5.74, 6) is 2.07. The first-order chi connectivity index (χ1) is 7.69. The zero-order chi connectivity index (χ0) is 12.0. The number of rotatable bonds is 6. The average molecular weight is 223 g/mol. The van der Waals surface area contributed by atoms with Crippen LogP contribution in [0.5, 0.6) is 0 Å². The smallest absolute Gasteiger partial charge is 0.252 e. The van der Waals surface area contributed by atoms with E-state index < -0.39 is 0 Å². The van der Waals surface area contributed by atoms with E-state index in [-0.39, 0.29) is 5.56 Å². The summed E-state index contributed by atoms with van der Waals surface area (Å²) >= 11 is 0. The Morgan fingerprint density at radius 2 is 2.06 bits per heavy atom. The molecule has 1 aromatic heterocycles. The van der Waals surface area contributed by atoms with Gasteiger partial charge in [-0.1, -0.05) is 33.6 Å². The second kappa shape index (κ2) is 6.30. The third-order valence-corrected chi connectivity index (χ3v) is 2.85. The molecule has 0 aliphatic rings. The molecule has 0 aromatic carbocycles. The van der Waals surface area contributed by atoms with Crippen LogP contribution in [0.2, 0.25) is 0 Å². The van der Waals surface area contributed by atoms with Gasteiger partial charge in [-0.25, -0.2) is 4.98 Å². The first-order valence-electron chi connectivity index (χ1n) is 6.03. The fourth-order valence-corrected chi connectivity index (χ4v) is 1.59. The fourth-order valence-electron chi connectivity index (χ4n) is 1.59. The number of hydrogen-bond donors (Lipinski definition) is 2. The van der Waals surface area contributed by atoms with E-state index in [0.29, 0.717) is 11.7 Å². The Balaban J connectivity index is 2.66. The summed E-state index contributed by atoms with van der Waals surface area (Å²) < 4.78 is 0. The third-order valence-electron chi connectivity index (χ3n) is 2.85. The van der Waals surface area contributed by atoms with Gasteiger partial charge in [-0.2, -0.15) is 0 Å². The number of aromatic amines is 1. The van der Waals surface area contributed by atoms with Gasteiger partial charge >= 0.3 is 0 Å². The second-order valence-electron chi connectivity index (χ2n) is 3.99. The number of aromatic nitrogens is 2. The quantitative estimate of drug-likeness (QED) is 0.777. The van der Waals surface area contributed by atoms with Crippen LogP contribution < -0.4 is 10.9 Å². The predicted molar refractivity (Wildman–Crippen MR) is 66.8 cm³/mol. The Morgan fingerprint density at radius 3 is 2.62 bits per heavy atom. The molecule has 0 saturated carbocycles. The molecule has 0 radical (unpaired) electrons. The summed E-state index contributed by atoms with van der Waals surface area (Å²) in [5.41, 5.74) is -0.0844. The highest BCUT2D eigenvalue weighted by atomic mass is 16.1. The Morgan fingerprint density at radius 1 is 1.38 bits per heavy atom. The Labute approximate surface area is 96.5 Å². The molecule has 0 saturated heterocycles. The lowest BCUT2D eigenvalue weighted by Gasteiger charge is -2.13. The van der Waals surface area contributed by atoms with Crippen molar-refractivity contribution >= 4 is 5.82 Å². The molecule has 16 heavy (non-hydrogen) atoms. The van der Waals surface area contributed by atoms with Crippen LogP contribution in [0.3, 0.4) is 0 Å². The maximum Gasteiger partial charge on any atom is 0.252 e. The number of H-pyrrole nitrogens is 1. The number of anilines is 1. The van der Waals surface area contributed by atoms with Crippen molar-refractivity contribution in [3.8, 4) is 0 Å². The Hall–Kier alpha value is -1.32. The van der Waals surface area contributed by atoms with Crippen molar-refractivity contribution in [1.82, 2.24) is 9.97 Å². The molecular formula is C12H21N3O. The first kappa shape index (κ1) is 12.7. The van der Waals surface area contributed by atoms with E-state index in [1.165, 1.54) is 6.07 Å². The molecule has 1 rings (SSSR count). The van der Waals surface area contributed by atoms with Crippen molar-refractivity contribution < 1.29 is 0 Å². The standard InChI is InChI=1S/C12H21N3O/c1-4-9(5-2)8-13-11-7-12(16)15-10(6-3)14-11/h7,9H,4-6,8H2,1-3H3,(H2,13,14,15,16). The molecule has 0 atom stereocenters. The molecule has 4 nitrogen and oxygen atoms in total. The van der Waals surface area contributed by atoms with Gasteiger partial charge in [-0.3, -0.25) is 4.79 Å². The van der Waals surface area contributed by atoms with Crippen LogP contribution in [0.15, 0.2) is 10.9 Å². The summed E-state index contributed by atoms with van der Waals surface area (Å²) in [4.78, 5) is 18.4. The lowest BCUT2D eigenvalue weighted by molar-refractivity contribution is 0.518. The zero-order valence-corrected chi connectivity index (χ0v) is 10.3. The van der Waals surface area contributed by atoms with E-state index in [9.17, 15) is 4.79 Å². The van der Waals surface area contributed by atoms with Gasteiger partial charge in [0.2, 0.25) is 0 Å². The normalized spacial score (nSPS) is 10.8. The average Bonchev–Trinajstić information content (AvgIpc) is 2.29. The SMILES string of the molecule is CCc1nc(NCC(CC)CC)cc(=O)[nH]1. The van der Waals surface area contributed by atoms with E-state index in [1.54, 1.807) is 0 Å². The number of aryl methyl sites for hydroxylation is 1. The van der Waals surface area contributed by atoms with Crippen molar-refractivity contribution in [2.75, 3.05) is 11.9 Å². The van der Waals surface area contributed by atoms with Crippen LogP contribution >= 0.6 is 0 Å². The molecule has 1 aromatic rings. The summed E-state index contributed by atoms with van der Waals surface area (Å²) in [7, 11) is 0. The van der Waals surface area contributed by atoms with Crippen molar-refractivity contribution in [2.45, 2.75) is 40.0 Å². The van der Waals surface area contributed by atoms with E-state index in [4.69, 9.17) is 0 Å². The van der Waals surface area contributed by atoms with Crippen LogP contribution in [0.1, 0.15) is 39.4 Å². The monoisotopic (exact) mass is 223 g/mol. The molecule has 2 N–H and O–H groups in total. The molecule has 0 fully saturated rings. The molecule has 0 amide bonds. The first-order valence-corrected chi connectivity index (χ1v) is 6.03. The largest absolute Gasteiger partial charge is 0.370 e. The van der Waals surface area contributed by atoms with Gasteiger partial charge in [-0.15, -0.1) is 0 Å². The van der Waals surface area contributed by atoms with Gasteiger partial charge in [0.15, 0.2) is 0 Å². The second-order valence-corrected chi connectivity index (χ2v) is 3.99. The molecule has 90 valence electrons. The van der Waals surface area contributed by atoms with Crippen LogP contribution in [0, 0.1) is 5.92 Å². The van der Waals surface area contributed by atoms with Crippen molar-refractivity contribution in [3.63, 3.8) is 0 Å². The highest BCUT2D eigenvalue weighted by Crippen LogP contribution is 2.08. The van der Waals surface area contributed by atoms with Gasteiger partial charge in [-0.05, 0) is 5.92 Å². The van der Waals surface area contributed by atoms with Crippen molar-refractivity contribution in [2.24, 2.45) is 5.92 Å². The minimum Gasteiger partial charge on any atom is -0.370 e. The van der Waals surface area contributed by atoms with Gasteiger partial charge in [0.1, 0.15) is 11.6 Å². The number of hydrogen-bond acceptors (Lipinski definition) is 3. The summed E-state index contributed by atoms with van der Waals surface area (Å²) in [5, 5.41) is 3.23. The minimum atomic E-state index is -0.0844. The molecule has 0 spiro atoms. The van der Waals surface area contributed by atoms with E-state index in [0.717, 1.165) is 31.6 Å². The van der Waals surface area contributed by atoms with E-state index in [1.807, 2.05) is 6.92 Å². The van der Waals surface area contributed by atoms with Crippen LogP contribution in [-0.2, 0) is 6.42 Å². The molecule has 0 aliphatic heterocycles. The van der Waals surface area contributed by atoms with Crippen molar-refractivity contribution in [1.29, 1.82) is 0 Å². The van der Waals surface area contributed by atoms with Crippen LogP contribution in [0.4, 0.5) is 5.82 Å². The molecule has 0 aliphatic carbocycles. The third kappa shape index (κ3) is 3.68. The molecule has 0 unspecified atom stereocenters. The summed E-state index contributed by atoms with van der Waals surface area (Å²) in [6, 6.07) is 1.52. The lowest BCUT2D eigenvalue weighted by atomic mass is 10.0. The maximum absolute atomic E-state index is 11.3. The van der Waals surface area contributed by atoms with E-state index >= 15 is 0 Å². The fraction of sp³-hybridized carbons (Fsp3) is 0.667. The lowest BCUT2D eigenvalue weighted by Crippen LogP contribution is -2.17. The van der Waals surface area contributed by atoms with Crippen LogP contribution in [-0.4, -0.2) is 16.5 Å². The predicted octanol–water partition coefficient (Wildman–Crippen LogP) is 2.18. The van der Waals surface area contributed by atoms with Gasteiger partial charge in [0, 0.05) is 19.0 Å². The van der Waals surface area contributed by atoms with Crippen molar-refractivity contribution in [3.05, 3.63) is 22.2 Å². The maximum atomic E-state index is 11.3.